The lowest BCUT2D eigenvalue weighted by Crippen LogP contribution is -1.82. The summed E-state index contributed by atoms with van der Waals surface area (Å²) in [5.41, 5.74) is 0.894. The van der Waals surface area contributed by atoms with E-state index < -0.39 is 0 Å². The molecule has 0 fully saturated rings. The predicted octanol–water partition coefficient (Wildman–Crippen LogP) is 1.84. The molecule has 0 amide bonds. The molecule has 0 saturated heterocycles. The molecule has 1 aromatic rings. The van der Waals surface area contributed by atoms with Crippen LogP contribution in [0.15, 0.2) is 18.2 Å². The minimum Gasteiger partial charge on any atom is -0.508 e. The van der Waals surface area contributed by atoms with Crippen molar-refractivity contribution in [1.82, 2.24) is 0 Å². The van der Waals surface area contributed by atoms with Crippen LogP contribution in [0, 0.1) is 0 Å². The molecule has 0 spiro atoms. The van der Waals surface area contributed by atoms with Crippen LogP contribution in [-0.2, 0) is 16.0 Å². The van der Waals surface area contributed by atoms with Crippen molar-refractivity contribution in [2.75, 3.05) is 7.11 Å². The molecule has 84 valence electrons. The quantitative estimate of drug-likeness (QED) is 0.750. The van der Waals surface area contributed by atoms with Crippen molar-refractivity contribution in [1.29, 1.82) is 0 Å². The number of aryl methyl sites for hydroxylation is 1. The number of phenols is 2. The van der Waals surface area contributed by atoms with Gasteiger partial charge in [0.1, 0.15) is 11.5 Å². The average Bonchev–Trinajstić information content (AvgIpc) is 2.23. The van der Waals surface area contributed by atoms with E-state index in [0.717, 1.165) is 18.4 Å². The first kappa shape index (κ1) is 13.3. The van der Waals surface area contributed by atoms with Crippen molar-refractivity contribution in [3.8, 4) is 11.5 Å². The van der Waals surface area contributed by atoms with E-state index in [1.807, 2.05) is 6.92 Å². The molecule has 1 aromatic carbocycles. The van der Waals surface area contributed by atoms with Crippen LogP contribution in [-0.4, -0.2) is 23.8 Å². The second-order valence-electron chi connectivity index (χ2n) is 2.89. The zero-order valence-electron chi connectivity index (χ0n) is 8.93. The summed E-state index contributed by atoms with van der Waals surface area (Å²) in [6.07, 6.45) is 1.85. The Morgan fingerprint density at radius 1 is 1.40 bits per heavy atom. The van der Waals surface area contributed by atoms with Gasteiger partial charge in [-0.2, -0.15) is 0 Å². The molecule has 4 heteroatoms. The lowest BCUT2D eigenvalue weighted by Gasteiger charge is -2.01. The second-order valence-corrected chi connectivity index (χ2v) is 2.89. The number of hydrogen-bond donors (Lipinski definition) is 2. The van der Waals surface area contributed by atoms with Crippen molar-refractivity contribution in [2.24, 2.45) is 0 Å². The molecule has 0 aliphatic heterocycles. The number of phenolic OH excluding ortho intramolecular Hbond substituents is 2. The topological polar surface area (TPSA) is 66.8 Å². The number of carbonyl (C=O) groups excluding carboxylic acids is 1. The molecule has 0 aromatic heterocycles. The Balaban J connectivity index is 0.000000423. The van der Waals surface area contributed by atoms with Gasteiger partial charge in [0, 0.05) is 6.07 Å². The summed E-state index contributed by atoms with van der Waals surface area (Å²) in [5.74, 6) is 0.300. The van der Waals surface area contributed by atoms with Crippen LogP contribution in [0.5, 0.6) is 11.5 Å². The lowest BCUT2D eigenvalue weighted by atomic mass is 10.1. The van der Waals surface area contributed by atoms with Crippen LogP contribution in [0.4, 0.5) is 0 Å². The molecule has 0 radical (unpaired) electrons. The van der Waals surface area contributed by atoms with E-state index in [0.29, 0.717) is 6.47 Å². The van der Waals surface area contributed by atoms with Gasteiger partial charge in [-0.15, -0.1) is 0 Å². The monoisotopic (exact) mass is 212 g/mol. The molecule has 15 heavy (non-hydrogen) atoms. The van der Waals surface area contributed by atoms with Gasteiger partial charge in [-0.25, -0.2) is 0 Å². The van der Waals surface area contributed by atoms with Gasteiger partial charge in [0.05, 0.1) is 7.11 Å². The molecule has 0 aliphatic rings. The average molecular weight is 212 g/mol. The maximum Gasteiger partial charge on any atom is 0.292 e. The van der Waals surface area contributed by atoms with Crippen molar-refractivity contribution >= 4 is 6.47 Å². The summed E-state index contributed by atoms with van der Waals surface area (Å²) < 4.78 is 3.86. The highest BCUT2D eigenvalue weighted by Gasteiger charge is 1.99. The van der Waals surface area contributed by atoms with E-state index in [4.69, 9.17) is 9.90 Å². The van der Waals surface area contributed by atoms with E-state index in [-0.39, 0.29) is 11.5 Å². The number of methoxy groups -OCH3 is 1. The SMILES string of the molecule is CCCc1ccc(O)cc1O.COC=O. The Kier molecular flexibility index (Phi) is 6.80. The van der Waals surface area contributed by atoms with E-state index in [9.17, 15) is 5.11 Å². The van der Waals surface area contributed by atoms with Gasteiger partial charge in [-0.05, 0) is 18.1 Å². The normalized spacial score (nSPS) is 8.67. The zero-order chi connectivity index (χ0) is 11.7. The Labute approximate surface area is 89.1 Å². The van der Waals surface area contributed by atoms with Crippen molar-refractivity contribution in [2.45, 2.75) is 19.8 Å². The first-order valence-corrected chi connectivity index (χ1v) is 4.63. The fourth-order valence-electron chi connectivity index (χ4n) is 1.03. The molecule has 0 heterocycles. The van der Waals surface area contributed by atoms with Gasteiger partial charge in [0.25, 0.3) is 6.47 Å². The van der Waals surface area contributed by atoms with Crippen LogP contribution < -0.4 is 0 Å². The first-order valence-electron chi connectivity index (χ1n) is 4.63. The van der Waals surface area contributed by atoms with Gasteiger partial charge < -0.3 is 14.9 Å². The van der Waals surface area contributed by atoms with Crippen molar-refractivity contribution in [3.05, 3.63) is 23.8 Å². The molecule has 1 rings (SSSR count). The van der Waals surface area contributed by atoms with Crippen molar-refractivity contribution < 1.29 is 19.7 Å². The first-order chi connectivity index (χ1) is 7.15. The molecule has 0 aliphatic carbocycles. The third-order valence-electron chi connectivity index (χ3n) is 1.68. The Hall–Kier alpha value is -1.71. The van der Waals surface area contributed by atoms with Crippen LogP contribution >= 0.6 is 0 Å². The van der Waals surface area contributed by atoms with Gasteiger partial charge >= 0.3 is 0 Å². The standard InChI is InChI=1S/C9H12O2.C2H4O2/c1-2-3-7-4-5-8(10)6-9(7)11;1-4-2-3/h4-6,10-11H,2-3H2,1H3;2H,1H3. The number of carbonyl (C=O) groups is 1. The summed E-state index contributed by atoms with van der Waals surface area (Å²) in [6.45, 7) is 2.42. The maximum absolute atomic E-state index is 9.26. The second kappa shape index (κ2) is 7.67. The van der Waals surface area contributed by atoms with Gasteiger partial charge in [-0.3, -0.25) is 4.79 Å². The van der Waals surface area contributed by atoms with Gasteiger partial charge in [-0.1, -0.05) is 19.4 Å². The maximum atomic E-state index is 9.26. The van der Waals surface area contributed by atoms with Crippen LogP contribution in [0.1, 0.15) is 18.9 Å². The van der Waals surface area contributed by atoms with Crippen LogP contribution in [0.3, 0.4) is 0 Å². The highest BCUT2D eigenvalue weighted by Crippen LogP contribution is 2.23. The molecule has 4 nitrogen and oxygen atoms in total. The summed E-state index contributed by atoms with van der Waals surface area (Å²) in [6, 6.07) is 4.70. The Bertz CT molecular complexity index is 297. The zero-order valence-corrected chi connectivity index (χ0v) is 8.93. The predicted molar refractivity (Wildman–Crippen MR) is 56.8 cm³/mol. The summed E-state index contributed by atoms with van der Waals surface area (Å²) in [4.78, 5) is 8.95. The molecule has 0 atom stereocenters. The molecule has 0 unspecified atom stereocenters. The number of hydrogen-bond acceptors (Lipinski definition) is 4. The highest BCUT2D eigenvalue weighted by molar-refractivity contribution is 5.38. The molecule has 2 N–H and O–H groups in total. The minimum absolute atomic E-state index is 0.113. The van der Waals surface area contributed by atoms with Crippen molar-refractivity contribution in [3.63, 3.8) is 0 Å². The van der Waals surface area contributed by atoms with Crippen LogP contribution in [0.25, 0.3) is 0 Å². The third-order valence-corrected chi connectivity index (χ3v) is 1.68. The number of benzene rings is 1. The van der Waals surface area contributed by atoms with E-state index in [1.54, 1.807) is 12.1 Å². The van der Waals surface area contributed by atoms with E-state index in [1.165, 1.54) is 13.2 Å². The Morgan fingerprint density at radius 2 is 2.00 bits per heavy atom. The Morgan fingerprint density at radius 3 is 2.40 bits per heavy atom. The van der Waals surface area contributed by atoms with E-state index >= 15 is 0 Å². The fourth-order valence-corrected chi connectivity index (χ4v) is 1.03. The number of rotatable bonds is 3. The fraction of sp³-hybridized carbons (Fsp3) is 0.364. The minimum atomic E-state index is 0.113. The van der Waals surface area contributed by atoms with E-state index in [2.05, 4.69) is 4.74 Å². The van der Waals surface area contributed by atoms with Gasteiger partial charge in [0.2, 0.25) is 0 Å². The third kappa shape index (κ3) is 5.57. The highest BCUT2D eigenvalue weighted by atomic mass is 16.5. The largest absolute Gasteiger partial charge is 0.508 e. The lowest BCUT2D eigenvalue weighted by molar-refractivity contribution is -0.126. The summed E-state index contributed by atoms with van der Waals surface area (Å²) in [7, 11) is 1.31. The molecular formula is C11H16O4. The molecule has 0 bridgehead atoms. The number of ether oxygens (including phenoxy) is 1. The molecular weight excluding hydrogens is 196 g/mol. The van der Waals surface area contributed by atoms with Gasteiger partial charge in [0.15, 0.2) is 0 Å². The van der Waals surface area contributed by atoms with Crippen LogP contribution in [0.2, 0.25) is 0 Å². The molecule has 0 saturated carbocycles. The smallest absolute Gasteiger partial charge is 0.292 e. The number of aromatic hydroxyl groups is 2. The summed E-state index contributed by atoms with van der Waals surface area (Å²) >= 11 is 0. The summed E-state index contributed by atoms with van der Waals surface area (Å²) in [5, 5.41) is 18.2.